The summed E-state index contributed by atoms with van der Waals surface area (Å²) >= 11 is 0. The summed E-state index contributed by atoms with van der Waals surface area (Å²) in [5, 5.41) is 0. The van der Waals surface area contributed by atoms with E-state index in [1.165, 1.54) is 6.92 Å². The zero-order valence-electron chi connectivity index (χ0n) is 7.00. The molecule has 0 unspecified atom stereocenters. The third-order valence-corrected chi connectivity index (χ3v) is 1.79. The predicted octanol–water partition coefficient (Wildman–Crippen LogP) is 1.12. The van der Waals surface area contributed by atoms with Crippen LogP contribution in [0.2, 0.25) is 0 Å². The molecule has 0 N–H and O–H groups in total. The van der Waals surface area contributed by atoms with Crippen molar-refractivity contribution in [1.29, 1.82) is 0 Å². The second-order valence-corrected chi connectivity index (χ2v) is 2.78. The van der Waals surface area contributed by atoms with Crippen molar-refractivity contribution in [2.24, 2.45) is 0 Å². The minimum absolute atomic E-state index is 0.115. The van der Waals surface area contributed by atoms with E-state index in [1.807, 2.05) is 6.92 Å². The summed E-state index contributed by atoms with van der Waals surface area (Å²) in [6.45, 7) is 4.16. The third-order valence-electron chi connectivity index (χ3n) is 1.79. The molecule has 1 saturated carbocycles. The van der Waals surface area contributed by atoms with E-state index in [4.69, 9.17) is 9.47 Å². The van der Waals surface area contributed by atoms with Crippen LogP contribution in [0.15, 0.2) is 0 Å². The van der Waals surface area contributed by atoms with Gasteiger partial charge in [-0.3, -0.25) is 4.79 Å². The van der Waals surface area contributed by atoms with Crippen LogP contribution in [-0.2, 0) is 14.3 Å². The van der Waals surface area contributed by atoms with E-state index in [-0.39, 0.29) is 12.1 Å². The van der Waals surface area contributed by atoms with Crippen molar-refractivity contribution >= 4 is 5.97 Å². The topological polar surface area (TPSA) is 35.5 Å². The fraction of sp³-hybridized carbons (Fsp3) is 0.875. The second kappa shape index (κ2) is 3.72. The Morgan fingerprint density at radius 2 is 2.09 bits per heavy atom. The van der Waals surface area contributed by atoms with Crippen molar-refractivity contribution in [3.8, 4) is 0 Å². The summed E-state index contributed by atoms with van der Waals surface area (Å²) < 4.78 is 10.2. The van der Waals surface area contributed by atoms with Crippen LogP contribution >= 0.6 is 0 Å². The summed E-state index contributed by atoms with van der Waals surface area (Å²) in [7, 11) is 0. The lowest BCUT2D eigenvalue weighted by atomic mass is 9.92. The Morgan fingerprint density at radius 1 is 1.45 bits per heavy atom. The first-order valence-electron chi connectivity index (χ1n) is 4.01. The lowest BCUT2D eigenvalue weighted by Crippen LogP contribution is -2.38. The smallest absolute Gasteiger partial charge is 0.302 e. The first-order valence-corrected chi connectivity index (χ1v) is 4.01. The maximum absolute atomic E-state index is 10.4. The Labute approximate surface area is 66.7 Å². The molecule has 0 aromatic rings. The molecule has 11 heavy (non-hydrogen) atoms. The van der Waals surface area contributed by atoms with Gasteiger partial charge in [-0.2, -0.15) is 0 Å². The minimum Gasteiger partial charge on any atom is -0.462 e. The molecule has 0 bridgehead atoms. The van der Waals surface area contributed by atoms with E-state index >= 15 is 0 Å². The quantitative estimate of drug-likeness (QED) is 0.577. The number of carbonyl (C=O) groups excluding carboxylic acids is 1. The van der Waals surface area contributed by atoms with E-state index in [2.05, 4.69) is 0 Å². The molecule has 1 aliphatic carbocycles. The molecule has 0 heterocycles. The highest BCUT2D eigenvalue weighted by molar-refractivity contribution is 5.66. The number of hydrogen-bond donors (Lipinski definition) is 0. The van der Waals surface area contributed by atoms with E-state index < -0.39 is 0 Å². The van der Waals surface area contributed by atoms with Gasteiger partial charge in [0.2, 0.25) is 0 Å². The number of ether oxygens (including phenoxy) is 2. The van der Waals surface area contributed by atoms with Gasteiger partial charge in [-0.05, 0) is 6.92 Å². The van der Waals surface area contributed by atoms with Gasteiger partial charge in [0.05, 0.1) is 6.10 Å². The van der Waals surface area contributed by atoms with Gasteiger partial charge in [0.1, 0.15) is 6.10 Å². The maximum Gasteiger partial charge on any atom is 0.302 e. The first kappa shape index (κ1) is 8.53. The molecular formula is C8H14O3. The molecule has 0 atom stereocenters. The van der Waals surface area contributed by atoms with Crippen molar-refractivity contribution in [2.75, 3.05) is 6.61 Å². The normalized spacial score (nSPS) is 29.3. The maximum atomic E-state index is 10.4. The van der Waals surface area contributed by atoms with E-state index in [9.17, 15) is 4.79 Å². The third kappa shape index (κ3) is 2.50. The average Bonchev–Trinajstić information content (AvgIpc) is 1.82. The molecular weight excluding hydrogens is 144 g/mol. The van der Waals surface area contributed by atoms with Crippen LogP contribution in [0, 0.1) is 0 Å². The molecule has 1 fully saturated rings. The molecule has 1 rings (SSSR count). The molecule has 0 spiro atoms. The lowest BCUT2D eigenvalue weighted by molar-refractivity contribution is -0.159. The number of esters is 1. The van der Waals surface area contributed by atoms with Crippen molar-refractivity contribution in [3.05, 3.63) is 0 Å². The zero-order chi connectivity index (χ0) is 8.27. The Morgan fingerprint density at radius 3 is 2.55 bits per heavy atom. The van der Waals surface area contributed by atoms with Crippen LogP contribution in [0.4, 0.5) is 0 Å². The Bertz CT molecular complexity index is 138. The summed E-state index contributed by atoms with van der Waals surface area (Å²) in [5.74, 6) is -0.190. The van der Waals surface area contributed by atoms with Crippen molar-refractivity contribution in [1.82, 2.24) is 0 Å². The van der Waals surface area contributed by atoms with Gasteiger partial charge in [-0.25, -0.2) is 0 Å². The van der Waals surface area contributed by atoms with E-state index in [0.717, 1.165) is 19.4 Å². The van der Waals surface area contributed by atoms with Gasteiger partial charge in [-0.15, -0.1) is 0 Å². The molecule has 64 valence electrons. The molecule has 0 aromatic heterocycles. The molecule has 0 aromatic carbocycles. The lowest BCUT2D eigenvalue weighted by Gasteiger charge is -2.33. The second-order valence-electron chi connectivity index (χ2n) is 2.78. The largest absolute Gasteiger partial charge is 0.462 e. The zero-order valence-corrected chi connectivity index (χ0v) is 7.00. The van der Waals surface area contributed by atoms with Gasteiger partial charge < -0.3 is 9.47 Å². The van der Waals surface area contributed by atoms with Gasteiger partial charge in [0.15, 0.2) is 0 Å². The van der Waals surface area contributed by atoms with E-state index in [0.29, 0.717) is 6.10 Å². The van der Waals surface area contributed by atoms with E-state index in [1.54, 1.807) is 0 Å². The molecule has 0 radical (unpaired) electrons. The molecule has 1 aliphatic rings. The molecule has 0 amide bonds. The average molecular weight is 158 g/mol. The fourth-order valence-corrected chi connectivity index (χ4v) is 1.22. The Hall–Kier alpha value is -0.570. The van der Waals surface area contributed by atoms with Crippen LogP contribution in [0.25, 0.3) is 0 Å². The standard InChI is InChI=1S/C8H14O3/c1-3-10-7-4-8(5-7)11-6(2)9/h7-8H,3-5H2,1-2H3. The van der Waals surface area contributed by atoms with Crippen LogP contribution in [-0.4, -0.2) is 24.8 Å². The van der Waals surface area contributed by atoms with Gasteiger partial charge in [0.25, 0.3) is 0 Å². The Kier molecular flexibility index (Phi) is 2.88. The summed E-state index contributed by atoms with van der Waals surface area (Å²) in [4.78, 5) is 10.4. The Balaban J connectivity index is 2.04. The van der Waals surface area contributed by atoms with Crippen molar-refractivity contribution in [3.63, 3.8) is 0 Å². The molecule has 3 heteroatoms. The fourth-order valence-electron chi connectivity index (χ4n) is 1.22. The highest BCUT2D eigenvalue weighted by Crippen LogP contribution is 2.26. The monoisotopic (exact) mass is 158 g/mol. The van der Waals surface area contributed by atoms with Gasteiger partial charge >= 0.3 is 5.97 Å². The van der Waals surface area contributed by atoms with Crippen LogP contribution < -0.4 is 0 Å². The highest BCUT2D eigenvalue weighted by Gasteiger charge is 2.31. The summed E-state index contributed by atoms with van der Waals surface area (Å²) in [5.41, 5.74) is 0. The van der Waals surface area contributed by atoms with Crippen LogP contribution in [0.5, 0.6) is 0 Å². The van der Waals surface area contributed by atoms with Gasteiger partial charge in [0, 0.05) is 26.4 Å². The van der Waals surface area contributed by atoms with Gasteiger partial charge in [-0.1, -0.05) is 0 Å². The van der Waals surface area contributed by atoms with Crippen molar-refractivity contribution < 1.29 is 14.3 Å². The van der Waals surface area contributed by atoms with Crippen molar-refractivity contribution in [2.45, 2.75) is 38.9 Å². The molecule has 0 saturated heterocycles. The minimum atomic E-state index is -0.190. The highest BCUT2D eigenvalue weighted by atomic mass is 16.6. The summed E-state index contributed by atoms with van der Waals surface area (Å²) in [6.07, 6.45) is 2.18. The van der Waals surface area contributed by atoms with Crippen LogP contribution in [0.3, 0.4) is 0 Å². The molecule has 0 aliphatic heterocycles. The molecule has 3 nitrogen and oxygen atoms in total. The number of rotatable bonds is 3. The summed E-state index contributed by atoms with van der Waals surface area (Å²) in [6, 6.07) is 0. The SMILES string of the molecule is CCOC1CC(OC(C)=O)C1. The number of carbonyl (C=O) groups is 1. The predicted molar refractivity (Wildman–Crippen MR) is 40.2 cm³/mol. The first-order chi connectivity index (χ1) is 5.22. The van der Waals surface area contributed by atoms with Crippen LogP contribution in [0.1, 0.15) is 26.7 Å². The number of hydrogen-bond acceptors (Lipinski definition) is 3.